The number of phosphoric ester groups is 1. The maximum absolute atomic E-state index is 13.7. The number of imidazole rings is 1. The van der Waals surface area contributed by atoms with Crippen LogP contribution in [0.25, 0.3) is 0 Å². The Balaban J connectivity index is 1.66. The zero-order chi connectivity index (χ0) is 27.7. The first kappa shape index (κ1) is 29.4. The van der Waals surface area contributed by atoms with Crippen molar-refractivity contribution in [2.24, 2.45) is 17.6 Å². The quantitative estimate of drug-likeness (QED) is 0.257. The summed E-state index contributed by atoms with van der Waals surface area (Å²) in [6, 6.07) is 0. The molecule has 7 unspecified atom stereocenters. The van der Waals surface area contributed by atoms with E-state index in [4.69, 9.17) is 20.3 Å². The lowest BCUT2D eigenvalue weighted by Gasteiger charge is -2.31. The highest BCUT2D eigenvalue weighted by Gasteiger charge is 2.50. The molecule has 2 fully saturated rings. The monoisotopic (exact) mass is 559 g/mol. The summed E-state index contributed by atoms with van der Waals surface area (Å²) in [4.78, 5) is 36.4. The highest BCUT2D eigenvalue weighted by atomic mass is 31.2. The standard InChI is InChI=1S/C24H42N5O8P/c1-14(2)15-8-5-3-4-6-10-24(11-7-9-15)19-20(27-23(25)28-22(24)32)29(13-26-19)21-18(31)17(30)16(37-21)12-36-38(33,34)35/h13-18,21,23,27,30-31H,3-12,25H2,1-2H3,(H,28,32)(H2,33,34,35). The minimum atomic E-state index is -4.80. The second kappa shape index (κ2) is 11.9. The molecule has 1 aromatic rings. The molecule has 3 aliphatic rings. The maximum Gasteiger partial charge on any atom is 0.469 e. The van der Waals surface area contributed by atoms with Crippen molar-refractivity contribution in [3.63, 3.8) is 0 Å². The molecule has 3 heterocycles. The number of nitrogens with one attached hydrogen (secondary N) is 2. The van der Waals surface area contributed by atoms with E-state index in [1.54, 1.807) is 0 Å². The zero-order valence-corrected chi connectivity index (χ0v) is 22.9. The molecule has 38 heavy (non-hydrogen) atoms. The van der Waals surface area contributed by atoms with Gasteiger partial charge in [-0.3, -0.25) is 19.6 Å². The molecule has 0 bridgehead atoms. The summed E-state index contributed by atoms with van der Waals surface area (Å²) < 4.78 is 22.9. The predicted molar refractivity (Wildman–Crippen MR) is 137 cm³/mol. The first-order chi connectivity index (χ1) is 17.9. The maximum atomic E-state index is 13.7. The second-order valence-electron chi connectivity index (χ2n) is 11.2. The molecule has 14 heteroatoms. The Morgan fingerprint density at radius 1 is 1.16 bits per heavy atom. The molecular formula is C24H42N5O8P. The molecule has 13 nitrogen and oxygen atoms in total. The van der Waals surface area contributed by atoms with Crippen molar-refractivity contribution in [1.29, 1.82) is 0 Å². The molecule has 2 aliphatic heterocycles. The van der Waals surface area contributed by atoms with Gasteiger partial charge in [0.05, 0.1) is 24.0 Å². The van der Waals surface area contributed by atoms with Gasteiger partial charge in [-0.05, 0) is 24.7 Å². The van der Waals surface area contributed by atoms with Crippen LogP contribution in [-0.2, 0) is 24.0 Å². The number of aliphatic hydroxyl groups is 2. The van der Waals surface area contributed by atoms with Gasteiger partial charge in [0.2, 0.25) is 5.91 Å². The molecule has 1 saturated carbocycles. The average Bonchev–Trinajstić information content (AvgIpc) is 3.32. The predicted octanol–water partition coefficient (Wildman–Crippen LogP) is 1.43. The molecule has 216 valence electrons. The number of carbonyl (C=O) groups excluding carboxylic acids is 1. The Morgan fingerprint density at radius 3 is 2.55 bits per heavy atom. The van der Waals surface area contributed by atoms with Crippen LogP contribution in [0.15, 0.2) is 6.33 Å². The number of phosphoric acid groups is 1. The third-order valence-corrected chi connectivity index (χ3v) is 8.81. The Bertz CT molecular complexity index is 1020. The number of fused-ring (bicyclic) bond motifs is 2. The molecule has 7 atom stereocenters. The Morgan fingerprint density at radius 2 is 1.84 bits per heavy atom. The third-order valence-electron chi connectivity index (χ3n) is 8.33. The largest absolute Gasteiger partial charge is 0.469 e. The third kappa shape index (κ3) is 6.26. The molecular weight excluding hydrogens is 517 g/mol. The smallest absolute Gasteiger partial charge is 0.387 e. The van der Waals surface area contributed by atoms with E-state index in [1.807, 2.05) is 0 Å². The van der Waals surface area contributed by atoms with Crippen molar-refractivity contribution in [3.8, 4) is 0 Å². The SMILES string of the molecule is CC(C)C1CCCCCCC2(CCC1)C(=O)NC(N)Nc1c2ncn1C1OC(COP(=O)(O)O)C(O)C1O. The highest BCUT2D eigenvalue weighted by Crippen LogP contribution is 2.44. The van der Waals surface area contributed by atoms with Crippen LogP contribution in [0.3, 0.4) is 0 Å². The second-order valence-corrected chi connectivity index (χ2v) is 12.4. The van der Waals surface area contributed by atoms with Crippen molar-refractivity contribution in [1.82, 2.24) is 14.9 Å². The van der Waals surface area contributed by atoms with Crippen molar-refractivity contribution in [2.75, 3.05) is 11.9 Å². The van der Waals surface area contributed by atoms with E-state index >= 15 is 0 Å². The molecule has 0 aromatic carbocycles. The zero-order valence-electron chi connectivity index (χ0n) is 22.0. The molecule has 1 saturated heterocycles. The number of carbonyl (C=O) groups is 1. The van der Waals surface area contributed by atoms with E-state index in [-0.39, 0.29) is 5.91 Å². The number of nitrogens with zero attached hydrogens (tertiary/aromatic N) is 2. The lowest BCUT2D eigenvalue weighted by molar-refractivity contribution is -0.128. The fraction of sp³-hybridized carbons (Fsp3) is 0.833. The average molecular weight is 560 g/mol. The van der Waals surface area contributed by atoms with Gasteiger partial charge in [0, 0.05) is 0 Å². The highest BCUT2D eigenvalue weighted by molar-refractivity contribution is 7.46. The van der Waals surface area contributed by atoms with E-state index in [9.17, 15) is 19.6 Å². The summed E-state index contributed by atoms with van der Waals surface area (Å²) in [6.45, 7) is 3.88. The number of aromatic nitrogens is 2. The topological polar surface area (TPSA) is 201 Å². The van der Waals surface area contributed by atoms with Crippen molar-refractivity contribution in [3.05, 3.63) is 12.0 Å². The van der Waals surface area contributed by atoms with Gasteiger partial charge in [0.25, 0.3) is 0 Å². The number of amides is 1. The number of nitrogens with two attached hydrogens (primary N) is 1. The first-order valence-corrected chi connectivity index (χ1v) is 15.1. The van der Waals surface area contributed by atoms with Gasteiger partial charge in [0.15, 0.2) is 12.5 Å². The molecule has 1 spiro atoms. The molecule has 1 amide bonds. The minimum Gasteiger partial charge on any atom is -0.387 e. The van der Waals surface area contributed by atoms with Crippen molar-refractivity contribution < 1.29 is 38.6 Å². The summed E-state index contributed by atoms with van der Waals surface area (Å²) in [6.07, 6.45) is 3.65. The number of hydrogen-bond acceptors (Lipinski definition) is 9. The Labute approximate surface area is 222 Å². The fourth-order valence-electron chi connectivity index (χ4n) is 6.14. The first-order valence-electron chi connectivity index (χ1n) is 13.5. The number of anilines is 1. The molecule has 4 rings (SSSR count). The van der Waals surface area contributed by atoms with Crippen molar-refractivity contribution in [2.45, 2.75) is 108 Å². The number of hydrogen-bond donors (Lipinski definition) is 7. The molecule has 1 aromatic heterocycles. The summed E-state index contributed by atoms with van der Waals surface area (Å²) in [5.74, 6) is 1.36. The van der Waals surface area contributed by atoms with Crippen LogP contribution >= 0.6 is 7.82 Å². The van der Waals surface area contributed by atoms with Crippen LogP contribution in [0.5, 0.6) is 0 Å². The Kier molecular flexibility index (Phi) is 9.20. The van der Waals surface area contributed by atoms with Crippen LogP contribution in [0.2, 0.25) is 0 Å². The summed E-state index contributed by atoms with van der Waals surface area (Å²) in [7, 11) is -4.80. The molecule has 1 aliphatic carbocycles. The minimum absolute atomic E-state index is 0.192. The van der Waals surface area contributed by atoms with Crippen LogP contribution in [-0.4, -0.2) is 66.7 Å². The lowest BCUT2D eigenvalue weighted by atomic mass is 9.73. The lowest BCUT2D eigenvalue weighted by Crippen LogP contribution is -2.51. The van der Waals surface area contributed by atoms with Gasteiger partial charge in [-0.15, -0.1) is 0 Å². The summed E-state index contributed by atoms with van der Waals surface area (Å²) in [5, 5.41) is 27.2. The van der Waals surface area contributed by atoms with Crippen LogP contribution in [0.1, 0.15) is 83.6 Å². The van der Waals surface area contributed by atoms with Gasteiger partial charge < -0.3 is 35.4 Å². The number of ether oxygens (including phenoxy) is 1. The van der Waals surface area contributed by atoms with Gasteiger partial charge >= 0.3 is 7.82 Å². The van der Waals surface area contributed by atoms with E-state index < -0.39 is 50.7 Å². The normalized spacial score (nSPS) is 35.3. The van der Waals surface area contributed by atoms with E-state index in [2.05, 4.69) is 34.0 Å². The number of aliphatic hydroxyl groups excluding tert-OH is 2. The Hall–Kier alpha value is -1.57. The van der Waals surface area contributed by atoms with Crippen LogP contribution in [0.4, 0.5) is 5.82 Å². The molecule has 0 radical (unpaired) electrons. The van der Waals surface area contributed by atoms with E-state index in [1.165, 1.54) is 23.7 Å². The van der Waals surface area contributed by atoms with E-state index in [0.29, 0.717) is 36.2 Å². The van der Waals surface area contributed by atoms with Crippen LogP contribution in [0, 0.1) is 11.8 Å². The fourth-order valence-corrected chi connectivity index (χ4v) is 6.48. The molecule has 8 N–H and O–H groups in total. The van der Waals surface area contributed by atoms with Gasteiger partial charge in [-0.1, -0.05) is 58.8 Å². The summed E-state index contributed by atoms with van der Waals surface area (Å²) in [5.41, 5.74) is 5.80. The van der Waals surface area contributed by atoms with Gasteiger partial charge in [-0.2, -0.15) is 0 Å². The van der Waals surface area contributed by atoms with Crippen LogP contribution < -0.4 is 16.4 Å². The summed E-state index contributed by atoms with van der Waals surface area (Å²) >= 11 is 0. The van der Waals surface area contributed by atoms with Crippen molar-refractivity contribution >= 4 is 19.5 Å². The van der Waals surface area contributed by atoms with Gasteiger partial charge in [0.1, 0.15) is 24.1 Å². The van der Waals surface area contributed by atoms with Gasteiger partial charge in [-0.25, -0.2) is 9.55 Å². The number of rotatable bonds is 5. The van der Waals surface area contributed by atoms with E-state index in [0.717, 1.165) is 32.1 Å².